The minimum absolute atomic E-state index is 0. The fraction of sp³-hybridized carbons (Fsp3) is 0.222. The molecule has 0 fully saturated rings. The van der Waals surface area contributed by atoms with E-state index in [-0.39, 0.29) is 24.8 Å². The van der Waals surface area contributed by atoms with E-state index in [4.69, 9.17) is 9.47 Å². The van der Waals surface area contributed by atoms with Gasteiger partial charge >= 0.3 is 0 Å². The lowest BCUT2D eigenvalue weighted by molar-refractivity contribution is 0.276. The van der Waals surface area contributed by atoms with Gasteiger partial charge in [0, 0.05) is 24.2 Å². The van der Waals surface area contributed by atoms with Crippen molar-refractivity contribution in [2.45, 2.75) is 13.2 Å². The Morgan fingerprint density at radius 2 is 1.87 bits per heavy atom. The molecule has 0 aliphatic carbocycles. The van der Waals surface area contributed by atoms with E-state index in [1.54, 1.807) is 31.4 Å². The van der Waals surface area contributed by atoms with Gasteiger partial charge in [0.2, 0.25) is 0 Å². The maximum Gasteiger partial charge on any atom is 0.166 e. The van der Waals surface area contributed by atoms with Gasteiger partial charge in [0.1, 0.15) is 12.4 Å². The van der Waals surface area contributed by atoms with Crippen molar-refractivity contribution in [3.8, 4) is 11.5 Å². The van der Waals surface area contributed by atoms with E-state index in [0.717, 1.165) is 5.56 Å². The summed E-state index contributed by atoms with van der Waals surface area (Å²) in [6, 6.07) is 12.3. The average molecular weight is 338 g/mol. The third-order valence-electron chi connectivity index (χ3n) is 3.21. The number of halogens is 2. The molecule has 0 saturated carbocycles. The van der Waals surface area contributed by atoms with Crippen molar-refractivity contribution in [2.75, 3.05) is 13.7 Å². The molecule has 23 heavy (non-hydrogen) atoms. The van der Waals surface area contributed by atoms with Gasteiger partial charge < -0.3 is 14.8 Å². The largest absolute Gasteiger partial charge is 0.493 e. The number of methoxy groups -OCH3 is 1. The monoisotopic (exact) mass is 337 g/mol. The van der Waals surface area contributed by atoms with E-state index in [1.807, 2.05) is 18.2 Å². The topological polar surface area (TPSA) is 30.5 Å². The van der Waals surface area contributed by atoms with E-state index in [0.29, 0.717) is 30.2 Å². The maximum atomic E-state index is 13.7. The van der Waals surface area contributed by atoms with Crippen molar-refractivity contribution in [3.63, 3.8) is 0 Å². The van der Waals surface area contributed by atoms with Crippen molar-refractivity contribution >= 4 is 12.4 Å². The minimum Gasteiger partial charge on any atom is -0.493 e. The molecule has 0 unspecified atom stereocenters. The Bertz CT molecular complexity index is 634. The van der Waals surface area contributed by atoms with Gasteiger partial charge in [-0.05, 0) is 12.1 Å². The SMILES string of the molecule is C=CCNCc1cccc(OC)c1OCc1ccccc1F.Cl. The summed E-state index contributed by atoms with van der Waals surface area (Å²) in [6.07, 6.45) is 1.79. The van der Waals surface area contributed by atoms with Gasteiger partial charge in [0.25, 0.3) is 0 Å². The zero-order chi connectivity index (χ0) is 15.8. The average Bonchev–Trinajstić information content (AvgIpc) is 2.55. The molecule has 2 rings (SSSR count). The number of para-hydroxylation sites is 1. The van der Waals surface area contributed by atoms with E-state index < -0.39 is 0 Å². The summed E-state index contributed by atoms with van der Waals surface area (Å²) in [5, 5.41) is 3.22. The van der Waals surface area contributed by atoms with Gasteiger partial charge in [-0.15, -0.1) is 19.0 Å². The fourth-order valence-corrected chi connectivity index (χ4v) is 2.10. The lowest BCUT2D eigenvalue weighted by Crippen LogP contribution is -2.14. The van der Waals surface area contributed by atoms with E-state index in [9.17, 15) is 4.39 Å². The molecule has 0 amide bonds. The second kappa shape index (κ2) is 9.87. The highest BCUT2D eigenvalue weighted by atomic mass is 35.5. The third-order valence-corrected chi connectivity index (χ3v) is 3.21. The van der Waals surface area contributed by atoms with Gasteiger partial charge in [-0.1, -0.05) is 36.4 Å². The van der Waals surface area contributed by atoms with Crippen LogP contribution in [0.3, 0.4) is 0 Å². The van der Waals surface area contributed by atoms with Gasteiger partial charge in [-0.3, -0.25) is 0 Å². The zero-order valence-corrected chi connectivity index (χ0v) is 13.9. The van der Waals surface area contributed by atoms with Crippen LogP contribution in [0, 0.1) is 5.82 Å². The van der Waals surface area contributed by atoms with Crippen molar-refractivity contribution in [3.05, 3.63) is 72.1 Å². The Morgan fingerprint density at radius 3 is 2.57 bits per heavy atom. The van der Waals surface area contributed by atoms with E-state index in [1.165, 1.54) is 6.07 Å². The molecule has 5 heteroatoms. The third kappa shape index (κ3) is 5.27. The number of hydrogen-bond acceptors (Lipinski definition) is 3. The maximum absolute atomic E-state index is 13.7. The first kappa shape index (κ1) is 19.0. The van der Waals surface area contributed by atoms with Crippen LogP contribution in [0.1, 0.15) is 11.1 Å². The van der Waals surface area contributed by atoms with E-state index >= 15 is 0 Å². The van der Waals surface area contributed by atoms with Crippen molar-refractivity contribution in [1.29, 1.82) is 0 Å². The highest BCUT2D eigenvalue weighted by Gasteiger charge is 2.11. The first-order valence-corrected chi connectivity index (χ1v) is 7.10. The van der Waals surface area contributed by atoms with Crippen molar-refractivity contribution in [2.24, 2.45) is 0 Å². The second-order valence-electron chi connectivity index (χ2n) is 4.75. The number of nitrogens with one attached hydrogen (secondary N) is 1. The minimum atomic E-state index is -0.274. The van der Waals surface area contributed by atoms with Gasteiger partial charge in [0.15, 0.2) is 11.5 Å². The molecule has 2 aromatic rings. The van der Waals surface area contributed by atoms with Crippen LogP contribution < -0.4 is 14.8 Å². The van der Waals surface area contributed by atoms with Gasteiger partial charge in [0.05, 0.1) is 7.11 Å². The first-order valence-electron chi connectivity index (χ1n) is 7.10. The normalized spacial score (nSPS) is 9.83. The molecule has 0 spiro atoms. The molecule has 0 saturated heterocycles. The summed E-state index contributed by atoms with van der Waals surface area (Å²) in [6.45, 7) is 5.15. The summed E-state index contributed by atoms with van der Waals surface area (Å²) in [5.41, 5.74) is 1.47. The van der Waals surface area contributed by atoms with E-state index in [2.05, 4.69) is 11.9 Å². The molecule has 3 nitrogen and oxygen atoms in total. The summed E-state index contributed by atoms with van der Waals surface area (Å²) in [5.74, 6) is 0.989. The molecular formula is C18H21ClFNO2. The zero-order valence-electron chi connectivity index (χ0n) is 13.0. The molecule has 1 N–H and O–H groups in total. The summed E-state index contributed by atoms with van der Waals surface area (Å²) >= 11 is 0. The highest BCUT2D eigenvalue weighted by Crippen LogP contribution is 2.32. The van der Waals surface area contributed by atoms with Gasteiger partial charge in [-0.25, -0.2) is 4.39 Å². The fourth-order valence-electron chi connectivity index (χ4n) is 2.10. The van der Waals surface area contributed by atoms with Crippen LogP contribution in [0.25, 0.3) is 0 Å². The summed E-state index contributed by atoms with van der Waals surface area (Å²) in [7, 11) is 1.59. The molecule has 0 aromatic heterocycles. The van der Waals surface area contributed by atoms with Gasteiger partial charge in [-0.2, -0.15) is 0 Å². The van der Waals surface area contributed by atoms with Crippen LogP contribution in [0.4, 0.5) is 4.39 Å². The molecule has 124 valence electrons. The molecule has 0 aliphatic rings. The Hall–Kier alpha value is -2.04. The van der Waals surface area contributed by atoms with Crippen LogP contribution in [-0.2, 0) is 13.2 Å². The molecule has 0 heterocycles. The number of rotatable bonds is 8. The molecule has 0 radical (unpaired) electrons. The Morgan fingerprint density at radius 1 is 1.13 bits per heavy atom. The Kier molecular flexibility index (Phi) is 8.16. The second-order valence-corrected chi connectivity index (χ2v) is 4.75. The Balaban J connectivity index is 0.00000264. The van der Waals surface area contributed by atoms with Crippen LogP contribution in [-0.4, -0.2) is 13.7 Å². The van der Waals surface area contributed by atoms with Crippen LogP contribution >= 0.6 is 12.4 Å². The quantitative estimate of drug-likeness (QED) is 0.581. The standard InChI is InChI=1S/C18H20FNO2.ClH/c1-3-11-20-12-14-8-6-10-17(21-2)18(14)22-13-15-7-4-5-9-16(15)19;/h3-10,20H,1,11-13H2,2H3;1H. The lowest BCUT2D eigenvalue weighted by atomic mass is 10.1. The highest BCUT2D eigenvalue weighted by molar-refractivity contribution is 5.85. The van der Waals surface area contributed by atoms with Crippen molar-refractivity contribution < 1.29 is 13.9 Å². The summed E-state index contributed by atoms with van der Waals surface area (Å²) in [4.78, 5) is 0. The number of ether oxygens (including phenoxy) is 2. The first-order chi connectivity index (χ1) is 10.8. The summed E-state index contributed by atoms with van der Waals surface area (Å²) < 4.78 is 24.9. The molecule has 0 bridgehead atoms. The predicted molar refractivity (Wildman–Crippen MR) is 92.9 cm³/mol. The Labute approximate surface area is 142 Å². The van der Waals surface area contributed by atoms with Crippen LogP contribution in [0.15, 0.2) is 55.1 Å². The number of benzene rings is 2. The number of hydrogen-bond donors (Lipinski definition) is 1. The smallest absolute Gasteiger partial charge is 0.166 e. The molecule has 2 aromatic carbocycles. The molecule has 0 aliphatic heterocycles. The van der Waals surface area contributed by atoms with Crippen LogP contribution in [0.2, 0.25) is 0 Å². The van der Waals surface area contributed by atoms with Crippen molar-refractivity contribution in [1.82, 2.24) is 5.32 Å². The lowest BCUT2D eigenvalue weighted by Gasteiger charge is -2.15. The molecular weight excluding hydrogens is 317 g/mol. The predicted octanol–water partition coefficient (Wildman–Crippen LogP) is 4.11. The molecule has 0 atom stereocenters. The van der Waals surface area contributed by atoms with Crippen LogP contribution in [0.5, 0.6) is 11.5 Å².